The molecule has 0 aliphatic heterocycles. The third-order valence-corrected chi connectivity index (χ3v) is 10.1. The van der Waals surface area contributed by atoms with E-state index in [1.165, 1.54) is 11.6 Å². The van der Waals surface area contributed by atoms with Gasteiger partial charge in [0, 0.05) is 0 Å². The average molecular weight is 555 g/mol. The molecule has 2 nitrogen and oxygen atoms in total. The highest BCUT2D eigenvalue weighted by Crippen LogP contribution is 2.63. The van der Waals surface area contributed by atoms with Crippen LogP contribution in [-0.2, 0) is 0 Å². The van der Waals surface area contributed by atoms with Crippen molar-refractivity contribution in [1.29, 1.82) is 0 Å². The predicted octanol–water partition coefficient (Wildman–Crippen LogP) is 9.34. The Morgan fingerprint density at radius 2 is 1.67 bits per heavy atom. The number of aliphatic hydroxyl groups is 2. The molecule has 3 rings (SSSR count). The molecule has 0 spiro atoms. The fourth-order valence-electron chi connectivity index (χ4n) is 7.79. The van der Waals surface area contributed by atoms with E-state index in [0.717, 1.165) is 76.4 Å². The third-order valence-electron chi connectivity index (χ3n) is 10.1. The minimum absolute atomic E-state index is 0.0126. The first-order chi connectivity index (χ1) is 17.9. The minimum atomic E-state index is -4.73. The Kier molecular flexibility index (Phi) is 9.75. The van der Waals surface area contributed by atoms with E-state index in [-0.39, 0.29) is 10.8 Å². The fourth-order valence-corrected chi connectivity index (χ4v) is 7.79. The molecule has 3 fully saturated rings. The van der Waals surface area contributed by atoms with Gasteiger partial charge in [-0.3, -0.25) is 0 Å². The van der Waals surface area contributed by atoms with Crippen LogP contribution in [0.2, 0.25) is 0 Å². The maximum Gasteiger partial charge on any atom is 0.420 e. The first-order valence-corrected chi connectivity index (χ1v) is 14.8. The number of hydrogen-bond donors (Lipinski definition) is 2. The number of halogens is 4. The van der Waals surface area contributed by atoms with E-state index in [1.807, 2.05) is 0 Å². The Morgan fingerprint density at radius 1 is 0.974 bits per heavy atom. The lowest BCUT2D eigenvalue weighted by atomic mass is 9.55. The summed E-state index contributed by atoms with van der Waals surface area (Å²) >= 11 is 0. The van der Waals surface area contributed by atoms with Crippen LogP contribution in [0.3, 0.4) is 0 Å². The second-order valence-electron chi connectivity index (χ2n) is 13.9. The Hall–Kier alpha value is -1.40. The number of allylic oxidation sites excluding steroid dienone is 6. The molecule has 0 bridgehead atoms. The second kappa shape index (κ2) is 11.8. The van der Waals surface area contributed by atoms with Crippen molar-refractivity contribution in [2.75, 3.05) is 0 Å². The summed E-state index contributed by atoms with van der Waals surface area (Å²) in [4.78, 5) is 0. The number of fused-ring (bicyclic) bond motifs is 1. The molecule has 2 N–H and O–H groups in total. The van der Waals surface area contributed by atoms with Gasteiger partial charge < -0.3 is 10.2 Å². The topological polar surface area (TPSA) is 40.5 Å². The standard InChI is InChI=1S/C33H50F4O2/c1-23-24(11-7-13-27(23)34)14-15-25-12-8-21-31(5)26(25)16-17-28(31)30(4,19-9-18-29(2,3)38)20-10-22-32(6,39)33(35,36)37/h10,14-15,22,26-28,38-39H,1,7-9,11-13,16-21H2,2-6H3/b22-10+,24-14-,25-15+/t26?,27-,28+,30+,31-,32?/m0/s1. The van der Waals surface area contributed by atoms with Crippen LogP contribution in [0.15, 0.2) is 47.6 Å². The highest BCUT2D eigenvalue weighted by molar-refractivity contribution is 5.38. The van der Waals surface area contributed by atoms with Gasteiger partial charge in [-0.2, -0.15) is 13.2 Å². The summed E-state index contributed by atoms with van der Waals surface area (Å²) in [6.45, 7) is 12.9. The zero-order valence-corrected chi connectivity index (χ0v) is 24.6. The molecule has 3 aliphatic carbocycles. The number of hydrogen-bond acceptors (Lipinski definition) is 2. The van der Waals surface area contributed by atoms with Crippen LogP contribution in [0.4, 0.5) is 17.6 Å². The van der Waals surface area contributed by atoms with Gasteiger partial charge >= 0.3 is 6.18 Å². The summed E-state index contributed by atoms with van der Waals surface area (Å²) in [7, 11) is 0. The predicted molar refractivity (Wildman–Crippen MR) is 151 cm³/mol. The summed E-state index contributed by atoms with van der Waals surface area (Å²) in [5.74, 6) is 0.690. The molecule has 0 saturated heterocycles. The van der Waals surface area contributed by atoms with Gasteiger partial charge in [-0.1, -0.05) is 50.6 Å². The maximum atomic E-state index is 14.2. The van der Waals surface area contributed by atoms with Crippen molar-refractivity contribution >= 4 is 0 Å². The highest BCUT2D eigenvalue weighted by atomic mass is 19.4. The molecule has 2 unspecified atom stereocenters. The van der Waals surface area contributed by atoms with Crippen LogP contribution in [0.1, 0.15) is 112 Å². The van der Waals surface area contributed by atoms with E-state index in [9.17, 15) is 27.8 Å². The highest BCUT2D eigenvalue weighted by Gasteiger charge is 2.55. The minimum Gasteiger partial charge on any atom is -0.390 e. The zero-order chi connectivity index (χ0) is 29.3. The summed E-state index contributed by atoms with van der Waals surface area (Å²) in [5.41, 5.74) is -0.885. The normalized spacial score (nSPS) is 33.9. The zero-order valence-electron chi connectivity index (χ0n) is 24.6. The summed E-state index contributed by atoms with van der Waals surface area (Å²) in [6.07, 6.45) is 11.1. The summed E-state index contributed by atoms with van der Waals surface area (Å²) in [5, 5.41) is 20.3. The number of alkyl halides is 4. The molecular weight excluding hydrogens is 504 g/mol. The molecule has 222 valence electrons. The molecule has 39 heavy (non-hydrogen) atoms. The van der Waals surface area contributed by atoms with Crippen LogP contribution < -0.4 is 0 Å². The molecule has 0 aromatic heterocycles. The lowest BCUT2D eigenvalue weighted by Crippen LogP contribution is -2.42. The van der Waals surface area contributed by atoms with Crippen LogP contribution in [-0.4, -0.2) is 33.8 Å². The van der Waals surface area contributed by atoms with Crippen LogP contribution >= 0.6 is 0 Å². The van der Waals surface area contributed by atoms with E-state index in [1.54, 1.807) is 13.8 Å². The molecule has 0 radical (unpaired) electrons. The van der Waals surface area contributed by atoms with E-state index < -0.39 is 23.6 Å². The molecule has 3 saturated carbocycles. The Labute approximate surface area is 233 Å². The molecule has 6 atom stereocenters. The van der Waals surface area contributed by atoms with Crippen LogP contribution in [0.25, 0.3) is 0 Å². The number of rotatable bonds is 9. The van der Waals surface area contributed by atoms with E-state index in [0.29, 0.717) is 36.7 Å². The Bertz CT molecular complexity index is 967. The van der Waals surface area contributed by atoms with Gasteiger partial charge in [0.1, 0.15) is 6.17 Å². The van der Waals surface area contributed by atoms with Crippen molar-refractivity contribution in [2.24, 2.45) is 22.7 Å². The third kappa shape index (κ3) is 7.47. The van der Waals surface area contributed by atoms with Gasteiger partial charge in [0.15, 0.2) is 5.60 Å². The maximum absolute atomic E-state index is 14.2. The molecule has 6 heteroatoms. The fraction of sp³-hybridized carbons (Fsp3) is 0.758. The second-order valence-corrected chi connectivity index (χ2v) is 13.9. The van der Waals surface area contributed by atoms with Crippen molar-refractivity contribution in [2.45, 2.75) is 135 Å². The molecule has 0 amide bonds. The molecule has 3 aliphatic rings. The van der Waals surface area contributed by atoms with Crippen LogP contribution in [0.5, 0.6) is 0 Å². The molecular formula is C33H50F4O2. The molecule has 0 aromatic carbocycles. The van der Waals surface area contributed by atoms with Crippen molar-refractivity contribution in [3.63, 3.8) is 0 Å². The summed E-state index contributed by atoms with van der Waals surface area (Å²) < 4.78 is 54.1. The van der Waals surface area contributed by atoms with Gasteiger partial charge in [-0.25, -0.2) is 4.39 Å². The Morgan fingerprint density at radius 3 is 2.31 bits per heavy atom. The van der Waals surface area contributed by atoms with Gasteiger partial charge in [-0.05, 0) is 131 Å². The smallest absolute Gasteiger partial charge is 0.390 e. The van der Waals surface area contributed by atoms with E-state index >= 15 is 0 Å². The average Bonchev–Trinajstić information content (AvgIpc) is 3.16. The van der Waals surface area contributed by atoms with Gasteiger partial charge in [0.2, 0.25) is 0 Å². The Balaban J connectivity index is 1.87. The SMILES string of the molecule is C=C1/C(=C\C=C2/CCC[C@@]3(C)C2CC[C@@H]3[C@@](C)(C/C=C/C(C)(O)C(F)(F)F)CCCC(C)(C)O)CCC[C@@H]1F. The largest absolute Gasteiger partial charge is 0.420 e. The van der Waals surface area contributed by atoms with Crippen molar-refractivity contribution in [3.05, 3.63) is 47.6 Å². The van der Waals surface area contributed by atoms with E-state index in [4.69, 9.17) is 0 Å². The van der Waals surface area contributed by atoms with Gasteiger partial charge in [0.05, 0.1) is 5.60 Å². The lowest BCUT2D eigenvalue weighted by Gasteiger charge is -2.49. The van der Waals surface area contributed by atoms with Gasteiger partial charge in [0.25, 0.3) is 0 Å². The first kappa shape index (κ1) is 32.1. The quantitative estimate of drug-likeness (QED) is 0.220. The summed E-state index contributed by atoms with van der Waals surface area (Å²) in [6, 6.07) is 0. The van der Waals surface area contributed by atoms with Crippen molar-refractivity contribution < 1.29 is 27.8 Å². The molecule has 0 aromatic rings. The monoisotopic (exact) mass is 554 g/mol. The van der Waals surface area contributed by atoms with Crippen molar-refractivity contribution in [3.8, 4) is 0 Å². The first-order valence-electron chi connectivity index (χ1n) is 14.8. The van der Waals surface area contributed by atoms with Crippen molar-refractivity contribution in [1.82, 2.24) is 0 Å². The molecule has 0 heterocycles. The van der Waals surface area contributed by atoms with Gasteiger partial charge in [-0.15, -0.1) is 0 Å². The lowest BCUT2D eigenvalue weighted by molar-refractivity contribution is -0.232. The van der Waals surface area contributed by atoms with E-state index in [2.05, 4.69) is 32.6 Å². The van der Waals surface area contributed by atoms with Crippen LogP contribution in [0, 0.1) is 22.7 Å².